The van der Waals surface area contributed by atoms with Crippen LogP contribution < -0.4 is 0 Å². The number of carbonyl (C=O) groups is 2. The highest BCUT2D eigenvalue weighted by molar-refractivity contribution is 5.95. The number of nitrogens with zero attached hydrogens (tertiary/aromatic N) is 1. The number of halogens is 1. The quantitative estimate of drug-likeness (QED) is 0.890. The van der Waals surface area contributed by atoms with Crippen LogP contribution in [0.4, 0.5) is 4.39 Å². The molecule has 0 spiro atoms. The Labute approximate surface area is 110 Å². The van der Waals surface area contributed by atoms with Gasteiger partial charge in [0, 0.05) is 13.1 Å². The number of rotatable bonds is 2. The van der Waals surface area contributed by atoms with Gasteiger partial charge in [-0.15, -0.1) is 0 Å². The van der Waals surface area contributed by atoms with Crippen molar-refractivity contribution in [1.82, 2.24) is 4.90 Å². The average Bonchev–Trinajstić information content (AvgIpc) is 2.41. The predicted octanol–water partition coefficient (Wildman–Crippen LogP) is 2.07. The Balaban J connectivity index is 2.19. The summed E-state index contributed by atoms with van der Waals surface area (Å²) >= 11 is 0. The molecular formula is C14H16FNO3. The van der Waals surface area contributed by atoms with Crippen LogP contribution in [0.1, 0.15) is 28.8 Å². The summed E-state index contributed by atoms with van der Waals surface area (Å²) in [6.07, 6.45) is 1.20. The van der Waals surface area contributed by atoms with E-state index >= 15 is 0 Å². The van der Waals surface area contributed by atoms with Crippen LogP contribution in [0, 0.1) is 18.7 Å². The Hall–Kier alpha value is -1.91. The number of likely N-dealkylation sites (tertiary alicyclic amines) is 1. The van der Waals surface area contributed by atoms with Crippen molar-refractivity contribution in [2.75, 3.05) is 13.1 Å². The second kappa shape index (κ2) is 5.38. The first-order valence-electron chi connectivity index (χ1n) is 6.28. The molecular weight excluding hydrogens is 249 g/mol. The van der Waals surface area contributed by atoms with Crippen LogP contribution in [-0.4, -0.2) is 35.0 Å². The average molecular weight is 265 g/mol. The Morgan fingerprint density at radius 1 is 1.42 bits per heavy atom. The van der Waals surface area contributed by atoms with Gasteiger partial charge in [-0.2, -0.15) is 0 Å². The molecule has 0 aromatic heterocycles. The molecule has 1 saturated heterocycles. The van der Waals surface area contributed by atoms with Gasteiger partial charge in [-0.3, -0.25) is 9.59 Å². The first-order valence-corrected chi connectivity index (χ1v) is 6.28. The third-order valence-corrected chi connectivity index (χ3v) is 3.48. The Bertz CT molecular complexity index is 515. The van der Waals surface area contributed by atoms with Gasteiger partial charge in [-0.1, -0.05) is 12.1 Å². The monoisotopic (exact) mass is 265 g/mol. The van der Waals surface area contributed by atoms with Crippen molar-refractivity contribution >= 4 is 11.9 Å². The van der Waals surface area contributed by atoms with E-state index in [4.69, 9.17) is 5.11 Å². The van der Waals surface area contributed by atoms with E-state index in [9.17, 15) is 14.0 Å². The summed E-state index contributed by atoms with van der Waals surface area (Å²) in [5, 5.41) is 9.00. The van der Waals surface area contributed by atoms with E-state index in [1.165, 1.54) is 11.0 Å². The van der Waals surface area contributed by atoms with Crippen molar-refractivity contribution in [2.24, 2.45) is 5.92 Å². The molecule has 1 aromatic rings. The maximum Gasteiger partial charge on any atom is 0.308 e. The van der Waals surface area contributed by atoms with Crippen LogP contribution in [0.25, 0.3) is 0 Å². The fraction of sp³-hybridized carbons (Fsp3) is 0.429. The number of aliphatic carboxylic acids is 1. The topological polar surface area (TPSA) is 57.6 Å². The zero-order chi connectivity index (χ0) is 14.0. The Kier molecular flexibility index (Phi) is 3.83. The molecule has 1 aliphatic heterocycles. The summed E-state index contributed by atoms with van der Waals surface area (Å²) in [7, 11) is 0. The van der Waals surface area contributed by atoms with Crippen LogP contribution in [0.3, 0.4) is 0 Å². The molecule has 102 valence electrons. The summed E-state index contributed by atoms with van der Waals surface area (Å²) in [6, 6.07) is 4.67. The lowest BCUT2D eigenvalue weighted by molar-refractivity contribution is -0.143. The number of piperidine rings is 1. The number of carboxylic acids is 1. The van der Waals surface area contributed by atoms with Crippen molar-refractivity contribution in [3.63, 3.8) is 0 Å². The molecule has 1 aromatic carbocycles. The lowest BCUT2D eigenvalue weighted by atomic mass is 9.97. The molecule has 4 nitrogen and oxygen atoms in total. The number of hydrogen-bond donors (Lipinski definition) is 1. The van der Waals surface area contributed by atoms with E-state index in [-0.39, 0.29) is 12.1 Å². The van der Waals surface area contributed by atoms with Crippen LogP contribution >= 0.6 is 0 Å². The van der Waals surface area contributed by atoms with Gasteiger partial charge >= 0.3 is 5.97 Å². The van der Waals surface area contributed by atoms with Gasteiger partial charge in [-0.25, -0.2) is 4.39 Å². The minimum absolute atomic E-state index is 0.0195. The van der Waals surface area contributed by atoms with Crippen LogP contribution in [0.5, 0.6) is 0 Å². The van der Waals surface area contributed by atoms with Crippen molar-refractivity contribution in [2.45, 2.75) is 19.8 Å². The summed E-state index contributed by atoms with van der Waals surface area (Å²) in [5.41, 5.74) is 0.434. The molecule has 0 unspecified atom stereocenters. The fourth-order valence-electron chi connectivity index (χ4n) is 2.35. The van der Waals surface area contributed by atoms with Gasteiger partial charge in [0.15, 0.2) is 0 Å². The molecule has 0 saturated carbocycles. The molecule has 1 N–H and O–H groups in total. The second-order valence-corrected chi connectivity index (χ2v) is 4.87. The molecule has 1 fully saturated rings. The Morgan fingerprint density at radius 3 is 2.84 bits per heavy atom. The van der Waals surface area contributed by atoms with Crippen LogP contribution in [0.15, 0.2) is 18.2 Å². The zero-order valence-electron chi connectivity index (χ0n) is 10.7. The molecule has 0 radical (unpaired) electrons. The van der Waals surface area contributed by atoms with Gasteiger partial charge in [0.2, 0.25) is 0 Å². The number of aryl methyl sites for hydroxylation is 1. The molecule has 1 atom stereocenters. The van der Waals surface area contributed by atoms with Crippen molar-refractivity contribution in [3.05, 3.63) is 35.1 Å². The normalized spacial score (nSPS) is 19.3. The molecule has 1 heterocycles. The summed E-state index contributed by atoms with van der Waals surface area (Å²) in [5.74, 6) is -2.40. The van der Waals surface area contributed by atoms with Crippen LogP contribution in [-0.2, 0) is 4.79 Å². The van der Waals surface area contributed by atoms with Crippen molar-refractivity contribution < 1.29 is 19.1 Å². The first kappa shape index (κ1) is 13.5. The predicted molar refractivity (Wildman–Crippen MR) is 67.4 cm³/mol. The molecule has 0 aliphatic carbocycles. The Morgan fingerprint density at radius 2 is 2.16 bits per heavy atom. The third kappa shape index (κ3) is 2.75. The lowest BCUT2D eigenvalue weighted by Crippen LogP contribution is -2.42. The second-order valence-electron chi connectivity index (χ2n) is 4.87. The molecule has 1 aliphatic rings. The van der Waals surface area contributed by atoms with Crippen molar-refractivity contribution in [1.29, 1.82) is 0 Å². The largest absolute Gasteiger partial charge is 0.481 e. The minimum atomic E-state index is -0.901. The smallest absolute Gasteiger partial charge is 0.308 e. The number of hydrogen-bond acceptors (Lipinski definition) is 2. The summed E-state index contributed by atoms with van der Waals surface area (Å²) in [4.78, 5) is 24.6. The van der Waals surface area contributed by atoms with Gasteiger partial charge in [0.1, 0.15) is 5.82 Å². The van der Waals surface area contributed by atoms with Crippen LogP contribution in [0.2, 0.25) is 0 Å². The van der Waals surface area contributed by atoms with E-state index in [2.05, 4.69) is 0 Å². The number of benzene rings is 1. The SMILES string of the molecule is Cc1cccc(C(=O)N2CCC[C@H](C(=O)O)C2)c1F. The number of carbonyl (C=O) groups excluding carboxylic acids is 1. The minimum Gasteiger partial charge on any atom is -0.481 e. The van der Waals surface area contributed by atoms with Gasteiger partial charge in [-0.05, 0) is 31.4 Å². The maximum absolute atomic E-state index is 13.9. The maximum atomic E-state index is 13.9. The fourth-order valence-corrected chi connectivity index (χ4v) is 2.35. The molecule has 19 heavy (non-hydrogen) atoms. The van der Waals surface area contributed by atoms with E-state index in [0.29, 0.717) is 24.9 Å². The highest BCUT2D eigenvalue weighted by atomic mass is 19.1. The van der Waals surface area contributed by atoms with E-state index in [1.54, 1.807) is 19.1 Å². The first-order chi connectivity index (χ1) is 9.00. The highest BCUT2D eigenvalue weighted by Crippen LogP contribution is 2.20. The molecule has 0 bridgehead atoms. The number of amides is 1. The van der Waals surface area contributed by atoms with E-state index < -0.39 is 23.6 Å². The highest BCUT2D eigenvalue weighted by Gasteiger charge is 2.29. The lowest BCUT2D eigenvalue weighted by Gasteiger charge is -2.30. The van der Waals surface area contributed by atoms with E-state index in [1.807, 2.05) is 0 Å². The van der Waals surface area contributed by atoms with Gasteiger partial charge in [0.25, 0.3) is 5.91 Å². The van der Waals surface area contributed by atoms with Gasteiger partial charge in [0.05, 0.1) is 11.5 Å². The summed E-state index contributed by atoms with van der Waals surface area (Å²) < 4.78 is 13.9. The molecule has 2 rings (SSSR count). The zero-order valence-corrected chi connectivity index (χ0v) is 10.7. The van der Waals surface area contributed by atoms with E-state index in [0.717, 1.165) is 0 Å². The number of carboxylic acid groups (broad SMARTS) is 1. The van der Waals surface area contributed by atoms with Gasteiger partial charge < -0.3 is 10.0 Å². The molecule has 5 heteroatoms. The standard InChI is InChI=1S/C14H16FNO3/c1-9-4-2-6-11(12(9)15)13(17)16-7-3-5-10(8-16)14(18)19/h2,4,6,10H,3,5,7-8H2,1H3,(H,18,19)/t10-/m0/s1. The summed E-state index contributed by atoms with van der Waals surface area (Å²) in [6.45, 7) is 2.24. The third-order valence-electron chi connectivity index (χ3n) is 3.48. The van der Waals surface area contributed by atoms with Crippen molar-refractivity contribution in [3.8, 4) is 0 Å². The molecule has 1 amide bonds.